The highest BCUT2D eigenvalue weighted by molar-refractivity contribution is 6.26. The van der Waals surface area contributed by atoms with E-state index in [4.69, 9.17) is 6.57 Å². The molecule has 0 aliphatic heterocycles. The lowest BCUT2D eigenvalue weighted by Crippen LogP contribution is -2.10. The van der Waals surface area contributed by atoms with Crippen molar-refractivity contribution in [3.63, 3.8) is 0 Å². The van der Waals surface area contributed by atoms with E-state index in [0.717, 1.165) is 83.9 Å². The van der Waals surface area contributed by atoms with Crippen LogP contribution in [0.4, 0.5) is 39.8 Å². The van der Waals surface area contributed by atoms with Gasteiger partial charge in [-0.25, -0.2) is 4.85 Å². The van der Waals surface area contributed by atoms with Crippen LogP contribution in [0.1, 0.15) is 5.56 Å². The van der Waals surface area contributed by atoms with Crippen molar-refractivity contribution >= 4 is 72.4 Å². The standard InChI is InChI=1S/C56H35N7/c1-58-45-19-27-50(28-20-45)62(49-25-17-40(18-26-49)44-8-6-30-60-37-44)52-32-42-14-13-41-31-51(33-53-55(41)56(42)54(34-52)63(53)46-9-3-2-4-10-46)61(47-21-11-38(35-57)12-22-47)48-23-15-39(16-24-48)43-7-5-29-59-36-43/h2-34,36-37H. The number of aromatic nitrogens is 3. The summed E-state index contributed by atoms with van der Waals surface area (Å²) in [5.41, 5.74) is 14.5. The Morgan fingerprint density at radius 2 is 0.921 bits per heavy atom. The molecule has 0 radical (unpaired) electrons. The predicted octanol–water partition coefficient (Wildman–Crippen LogP) is 14.9. The molecule has 0 aliphatic carbocycles. The maximum Gasteiger partial charge on any atom is 0.187 e. The first-order chi connectivity index (χ1) is 31.1. The van der Waals surface area contributed by atoms with Crippen molar-refractivity contribution in [3.05, 3.63) is 230 Å². The molecule has 0 saturated heterocycles. The second-order valence-corrected chi connectivity index (χ2v) is 15.4. The second kappa shape index (κ2) is 15.5. The first-order valence-corrected chi connectivity index (χ1v) is 20.6. The summed E-state index contributed by atoms with van der Waals surface area (Å²) >= 11 is 0. The molecule has 11 rings (SSSR count). The van der Waals surface area contributed by atoms with Gasteiger partial charge in [0, 0.05) is 75.4 Å². The van der Waals surface area contributed by atoms with Crippen molar-refractivity contribution in [3.8, 4) is 34.0 Å². The van der Waals surface area contributed by atoms with E-state index in [1.54, 1.807) is 12.4 Å². The van der Waals surface area contributed by atoms with Gasteiger partial charge in [0.2, 0.25) is 0 Å². The van der Waals surface area contributed by atoms with Crippen molar-refractivity contribution in [2.45, 2.75) is 0 Å². The molecule has 0 saturated carbocycles. The number of para-hydroxylation sites is 1. The molecule has 0 bridgehead atoms. The third-order valence-corrected chi connectivity index (χ3v) is 11.7. The molecule has 0 amide bonds. The first kappa shape index (κ1) is 37.0. The molecule has 11 aromatic rings. The summed E-state index contributed by atoms with van der Waals surface area (Å²) in [6, 6.07) is 67.1. The molecule has 8 aromatic carbocycles. The Hall–Kier alpha value is -9.04. The second-order valence-electron chi connectivity index (χ2n) is 15.4. The quantitative estimate of drug-likeness (QED) is 0.107. The zero-order valence-corrected chi connectivity index (χ0v) is 33.8. The van der Waals surface area contributed by atoms with E-state index in [1.165, 1.54) is 10.8 Å². The van der Waals surface area contributed by atoms with Crippen LogP contribution >= 0.6 is 0 Å². The zero-order chi connectivity index (χ0) is 42.3. The van der Waals surface area contributed by atoms with E-state index < -0.39 is 0 Å². The SMILES string of the molecule is [C-]#[N+]c1ccc(N(c2ccc(-c3cccnc3)cc2)c2cc3ccc4cc(N(c5ccc(C#N)cc5)c5ccc(-c6cccnc6)cc5)cc5c4c3c(c2)n5-c2ccccc2)cc1. The summed E-state index contributed by atoms with van der Waals surface area (Å²) in [6.45, 7) is 7.64. The number of hydrogen-bond acceptors (Lipinski definition) is 5. The summed E-state index contributed by atoms with van der Waals surface area (Å²) in [5, 5.41) is 14.3. The number of rotatable bonds is 9. The molecule has 294 valence electrons. The molecule has 3 aromatic heterocycles. The van der Waals surface area contributed by atoms with Gasteiger partial charge in [0.15, 0.2) is 5.69 Å². The average Bonchev–Trinajstić information content (AvgIpc) is 3.69. The topological polar surface area (TPSA) is 65.3 Å². The number of hydrogen-bond donors (Lipinski definition) is 0. The van der Waals surface area contributed by atoms with Gasteiger partial charge in [-0.15, -0.1) is 0 Å². The summed E-state index contributed by atoms with van der Waals surface area (Å²) in [7, 11) is 0. The monoisotopic (exact) mass is 805 g/mol. The van der Waals surface area contributed by atoms with Gasteiger partial charge in [0.05, 0.1) is 29.2 Å². The molecule has 0 N–H and O–H groups in total. The van der Waals surface area contributed by atoms with Gasteiger partial charge in [-0.05, 0) is 142 Å². The lowest BCUT2D eigenvalue weighted by Gasteiger charge is -2.26. The van der Waals surface area contributed by atoms with E-state index in [1.807, 2.05) is 73.1 Å². The molecule has 0 aliphatic rings. The largest absolute Gasteiger partial charge is 0.311 e. The fraction of sp³-hybridized carbons (Fsp3) is 0. The molecule has 0 atom stereocenters. The molecule has 0 spiro atoms. The molecule has 0 fully saturated rings. The Labute approximate surface area is 364 Å². The summed E-state index contributed by atoms with van der Waals surface area (Å²) in [4.78, 5) is 16.9. The normalized spacial score (nSPS) is 11.1. The highest BCUT2D eigenvalue weighted by Crippen LogP contribution is 2.47. The van der Waals surface area contributed by atoms with Crippen LogP contribution in [0.2, 0.25) is 0 Å². The predicted molar refractivity (Wildman–Crippen MR) is 256 cm³/mol. The highest BCUT2D eigenvalue weighted by Gasteiger charge is 2.24. The first-order valence-electron chi connectivity index (χ1n) is 20.6. The number of anilines is 6. The van der Waals surface area contributed by atoms with Crippen molar-refractivity contribution in [2.24, 2.45) is 0 Å². The Morgan fingerprint density at radius 3 is 1.35 bits per heavy atom. The minimum Gasteiger partial charge on any atom is -0.311 e. The molecule has 3 heterocycles. The van der Waals surface area contributed by atoms with Gasteiger partial charge < -0.3 is 14.4 Å². The Balaban J connectivity index is 1.13. The number of benzene rings is 8. The average molecular weight is 806 g/mol. The van der Waals surface area contributed by atoms with Crippen molar-refractivity contribution in [2.75, 3.05) is 9.80 Å². The minimum absolute atomic E-state index is 0.589. The highest BCUT2D eigenvalue weighted by atomic mass is 15.2. The molecule has 63 heavy (non-hydrogen) atoms. The fourth-order valence-electron chi connectivity index (χ4n) is 8.78. The lowest BCUT2D eigenvalue weighted by atomic mass is 9.99. The van der Waals surface area contributed by atoms with Gasteiger partial charge in [0.25, 0.3) is 0 Å². The van der Waals surface area contributed by atoms with Crippen molar-refractivity contribution < 1.29 is 0 Å². The van der Waals surface area contributed by atoms with Gasteiger partial charge in [-0.3, -0.25) is 9.97 Å². The Bertz CT molecular complexity index is 3260. The molecular formula is C56H35N7. The molecule has 7 heteroatoms. The minimum atomic E-state index is 0.589. The summed E-state index contributed by atoms with van der Waals surface area (Å²) in [6.07, 6.45) is 7.34. The van der Waals surface area contributed by atoms with Crippen LogP contribution in [0.15, 0.2) is 213 Å². The smallest absolute Gasteiger partial charge is 0.187 e. The van der Waals surface area contributed by atoms with Crippen LogP contribution in [0, 0.1) is 17.9 Å². The van der Waals surface area contributed by atoms with Gasteiger partial charge in [-0.1, -0.05) is 78.9 Å². The Kier molecular flexibility index (Phi) is 9.12. The molecular weight excluding hydrogens is 771 g/mol. The third-order valence-electron chi connectivity index (χ3n) is 11.7. The van der Waals surface area contributed by atoms with Gasteiger partial charge in [-0.2, -0.15) is 5.26 Å². The fourth-order valence-corrected chi connectivity index (χ4v) is 8.78. The van der Waals surface area contributed by atoms with Crippen LogP contribution in [-0.2, 0) is 0 Å². The maximum atomic E-state index is 9.70. The maximum absolute atomic E-state index is 9.70. The van der Waals surface area contributed by atoms with Crippen LogP contribution in [0.25, 0.3) is 65.4 Å². The van der Waals surface area contributed by atoms with Crippen LogP contribution in [0.5, 0.6) is 0 Å². The van der Waals surface area contributed by atoms with Crippen molar-refractivity contribution in [1.82, 2.24) is 14.5 Å². The van der Waals surface area contributed by atoms with Crippen LogP contribution < -0.4 is 9.80 Å². The number of nitriles is 1. The van der Waals surface area contributed by atoms with E-state index in [2.05, 4.69) is 163 Å². The number of pyridine rings is 2. The van der Waals surface area contributed by atoms with E-state index in [9.17, 15) is 5.26 Å². The van der Waals surface area contributed by atoms with E-state index >= 15 is 0 Å². The molecule has 7 nitrogen and oxygen atoms in total. The van der Waals surface area contributed by atoms with E-state index in [-0.39, 0.29) is 0 Å². The summed E-state index contributed by atoms with van der Waals surface area (Å²) in [5.74, 6) is 0. The zero-order valence-electron chi connectivity index (χ0n) is 33.8. The molecule has 0 unspecified atom stereocenters. The Morgan fingerprint density at radius 1 is 0.460 bits per heavy atom. The lowest BCUT2D eigenvalue weighted by molar-refractivity contribution is 1.17. The number of nitrogens with zero attached hydrogens (tertiary/aromatic N) is 7. The van der Waals surface area contributed by atoms with Crippen molar-refractivity contribution in [1.29, 1.82) is 5.26 Å². The van der Waals surface area contributed by atoms with Gasteiger partial charge in [0.1, 0.15) is 0 Å². The summed E-state index contributed by atoms with van der Waals surface area (Å²) < 4.78 is 2.38. The van der Waals surface area contributed by atoms with E-state index in [0.29, 0.717) is 11.3 Å². The van der Waals surface area contributed by atoms with Gasteiger partial charge >= 0.3 is 0 Å². The third kappa shape index (κ3) is 6.64. The van der Waals surface area contributed by atoms with Crippen LogP contribution in [-0.4, -0.2) is 14.5 Å². The van der Waals surface area contributed by atoms with Crippen LogP contribution in [0.3, 0.4) is 0 Å².